The lowest BCUT2D eigenvalue weighted by Crippen LogP contribution is -2.32. The van der Waals surface area contributed by atoms with Crippen LogP contribution in [0.5, 0.6) is 0 Å². The lowest BCUT2D eigenvalue weighted by Gasteiger charge is -2.26. The molecule has 0 aromatic rings. The zero-order valence-corrected chi connectivity index (χ0v) is 6.60. The molecule has 1 aliphatic heterocycles. The van der Waals surface area contributed by atoms with E-state index >= 15 is 0 Å². The standard InChI is InChI=1S/C7H14N2/c1-6-5-7(2,3)9(4)8-6/h5H2,1-4H3. The maximum atomic E-state index is 4.29. The van der Waals surface area contributed by atoms with Crippen LogP contribution in [-0.2, 0) is 0 Å². The molecule has 0 aliphatic carbocycles. The highest BCUT2D eigenvalue weighted by molar-refractivity contribution is 5.84. The minimum Gasteiger partial charge on any atom is -0.294 e. The SMILES string of the molecule is CC1=NN(C)C(C)(C)C1. The van der Waals surface area contributed by atoms with Gasteiger partial charge in [0, 0.05) is 19.2 Å². The number of hydrazone groups is 1. The minimum absolute atomic E-state index is 0.254. The van der Waals surface area contributed by atoms with Crippen LogP contribution in [0.15, 0.2) is 5.10 Å². The molecule has 0 radical (unpaired) electrons. The predicted octanol–water partition coefficient (Wildman–Crippen LogP) is 1.48. The number of hydrogen-bond acceptors (Lipinski definition) is 2. The highest BCUT2D eigenvalue weighted by atomic mass is 15.5. The summed E-state index contributed by atoms with van der Waals surface area (Å²) in [6.07, 6.45) is 1.10. The maximum Gasteiger partial charge on any atom is 0.0572 e. The largest absolute Gasteiger partial charge is 0.294 e. The van der Waals surface area contributed by atoms with Crippen molar-refractivity contribution in [1.82, 2.24) is 5.01 Å². The number of nitrogens with zero attached hydrogens (tertiary/aromatic N) is 2. The van der Waals surface area contributed by atoms with Gasteiger partial charge in [-0.15, -0.1) is 0 Å². The van der Waals surface area contributed by atoms with Gasteiger partial charge in [-0.2, -0.15) is 5.10 Å². The highest BCUT2D eigenvalue weighted by Gasteiger charge is 2.28. The number of rotatable bonds is 0. The van der Waals surface area contributed by atoms with Crippen molar-refractivity contribution in [2.24, 2.45) is 5.10 Å². The Morgan fingerprint density at radius 3 is 2.22 bits per heavy atom. The average molecular weight is 126 g/mol. The van der Waals surface area contributed by atoms with Gasteiger partial charge in [0.05, 0.1) is 5.54 Å². The van der Waals surface area contributed by atoms with Crippen molar-refractivity contribution < 1.29 is 0 Å². The van der Waals surface area contributed by atoms with Gasteiger partial charge < -0.3 is 0 Å². The second kappa shape index (κ2) is 1.72. The molecule has 1 aliphatic rings. The van der Waals surface area contributed by atoms with E-state index in [1.807, 2.05) is 12.1 Å². The maximum absolute atomic E-state index is 4.29. The lowest BCUT2D eigenvalue weighted by atomic mass is 10.00. The molecule has 1 heterocycles. The summed E-state index contributed by atoms with van der Waals surface area (Å²) in [5.41, 5.74) is 1.49. The Morgan fingerprint density at radius 1 is 1.56 bits per heavy atom. The fraction of sp³-hybridized carbons (Fsp3) is 0.857. The van der Waals surface area contributed by atoms with Gasteiger partial charge in [-0.25, -0.2) is 0 Å². The molecule has 0 atom stereocenters. The first-order chi connectivity index (χ1) is 4.02. The van der Waals surface area contributed by atoms with Crippen LogP contribution in [0.1, 0.15) is 27.2 Å². The normalized spacial score (nSPS) is 24.4. The predicted molar refractivity (Wildman–Crippen MR) is 39.6 cm³/mol. The van der Waals surface area contributed by atoms with Crippen molar-refractivity contribution in [2.75, 3.05) is 7.05 Å². The molecule has 0 aromatic heterocycles. The summed E-state index contributed by atoms with van der Waals surface area (Å²) in [5.74, 6) is 0. The van der Waals surface area contributed by atoms with Crippen molar-refractivity contribution in [3.8, 4) is 0 Å². The van der Waals surface area contributed by atoms with Crippen molar-refractivity contribution in [1.29, 1.82) is 0 Å². The Morgan fingerprint density at radius 2 is 2.11 bits per heavy atom. The molecule has 0 aromatic carbocycles. The molecule has 0 saturated heterocycles. The first kappa shape index (κ1) is 6.59. The third-order valence-electron chi connectivity index (χ3n) is 1.89. The van der Waals surface area contributed by atoms with E-state index in [9.17, 15) is 0 Å². The first-order valence-electron chi connectivity index (χ1n) is 3.30. The average Bonchev–Trinajstić information content (AvgIpc) is 1.79. The van der Waals surface area contributed by atoms with Crippen LogP contribution in [0.4, 0.5) is 0 Å². The summed E-state index contributed by atoms with van der Waals surface area (Å²) in [5, 5.41) is 6.32. The van der Waals surface area contributed by atoms with Crippen LogP contribution < -0.4 is 0 Å². The van der Waals surface area contributed by atoms with E-state index in [2.05, 4.69) is 25.9 Å². The van der Waals surface area contributed by atoms with Crippen molar-refractivity contribution in [3.05, 3.63) is 0 Å². The third kappa shape index (κ3) is 1.07. The van der Waals surface area contributed by atoms with Crippen molar-refractivity contribution in [3.63, 3.8) is 0 Å². The Labute approximate surface area is 56.5 Å². The summed E-state index contributed by atoms with van der Waals surface area (Å²) in [6.45, 7) is 6.48. The molecule has 0 N–H and O–H groups in total. The third-order valence-corrected chi connectivity index (χ3v) is 1.89. The van der Waals surface area contributed by atoms with Crippen molar-refractivity contribution in [2.45, 2.75) is 32.7 Å². The van der Waals surface area contributed by atoms with Crippen LogP contribution in [0.25, 0.3) is 0 Å². The van der Waals surface area contributed by atoms with E-state index in [0.29, 0.717) is 0 Å². The van der Waals surface area contributed by atoms with Crippen LogP contribution >= 0.6 is 0 Å². The van der Waals surface area contributed by atoms with Gasteiger partial charge in [0.2, 0.25) is 0 Å². The van der Waals surface area contributed by atoms with Crippen LogP contribution in [-0.4, -0.2) is 23.3 Å². The van der Waals surface area contributed by atoms with E-state index in [0.717, 1.165) is 6.42 Å². The fourth-order valence-electron chi connectivity index (χ4n) is 1.17. The molecule has 2 heteroatoms. The smallest absolute Gasteiger partial charge is 0.0572 e. The molecule has 0 amide bonds. The van der Waals surface area contributed by atoms with Gasteiger partial charge in [0.1, 0.15) is 0 Å². The molecule has 9 heavy (non-hydrogen) atoms. The Kier molecular flexibility index (Phi) is 1.26. The molecule has 0 bridgehead atoms. The van der Waals surface area contributed by atoms with Crippen LogP contribution in [0, 0.1) is 0 Å². The molecule has 2 nitrogen and oxygen atoms in total. The molecule has 1 rings (SSSR count). The lowest BCUT2D eigenvalue weighted by molar-refractivity contribution is 0.194. The molecule has 0 saturated carbocycles. The second-order valence-corrected chi connectivity index (χ2v) is 3.35. The Bertz CT molecular complexity index is 147. The summed E-state index contributed by atoms with van der Waals surface area (Å²) in [7, 11) is 2.02. The monoisotopic (exact) mass is 126 g/mol. The molecule has 0 spiro atoms. The van der Waals surface area contributed by atoms with E-state index in [1.165, 1.54) is 5.71 Å². The van der Waals surface area contributed by atoms with Gasteiger partial charge >= 0.3 is 0 Å². The summed E-state index contributed by atoms with van der Waals surface area (Å²) in [4.78, 5) is 0. The number of hydrogen-bond donors (Lipinski definition) is 0. The summed E-state index contributed by atoms with van der Waals surface area (Å²) in [6, 6.07) is 0. The molecular formula is C7H14N2. The first-order valence-corrected chi connectivity index (χ1v) is 3.30. The van der Waals surface area contributed by atoms with Crippen LogP contribution in [0.2, 0.25) is 0 Å². The summed E-state index contributed by atoms with van der Waals surface area (Å²) >= 11 is 0. The van der Waals surface area contributed by atoms with E-state index < -0.39 is 0 Å². The topological polar surface area (TPSA) is 15.6 Å². The quantitative estimate of drug-likeness (QED) is 0.480. The zero-order chi connectivity index (χ0) is 7.07. The summed E-state index contributed by atoms with van der Waals surface area (Å²) < 4.78 is 0. The van der Waals surface area contributed by atoms with Gasteiger partial charge in [0.15, 0.2) is 0 Å². The highest BCUT2D eigenvalue weighted by Crippen LogP contribution is 2.23. The Balaban J connectivity index is 2.71. The second-order valence-electron chi connectivity index (χ2n) is 3.35. The van der Waals surface area contributed by atoms with E-state index in [4.69, 9.17) is 0 Å². The van der Waals surface area contributed by atoms with Gasteiger partial charge in [-0.1, -0.05) is 0 Å². The molecular weight excluding hydrogens is 112 g/mol. The van der Waals surface area contributed by atoms with Gasteiger partial charge in [0.25, 0.3) is 0 Å². The molecule has 0 unspecified atom stereocenters. The van der Waals surface area contributed by atoms with E-state index in [-0.39, 0.29) is 5.54 Å². The van der Waals surface area contributed by atoms with Crippen molar-refractivity contribution >= 4 is 5.71 Å². The Hall–Kier alpha value is -0.530. The fourth-order valence-corrected chi connectivity index (χ4v) is 1.17. The van der Waals surface area contributed by atoms with E-state index in [1.54, 1.807) is 0 Å². The van der Waals surface area contributed by atoms with Gasteiger partial charge in [-0.3, -0.25) is 5.01 Å². The molecule has 52 valence electrons. The van der Waals surface area contributed by atoms with Crippen LogP contribution in [0.3, 0.4) is 0 Å². The minimum atomic E-state index is 0.254. The zero-order valence-electron chi connectivity index (χ0n) is 6.60. The van der Waals surface area contributed by atoms with Gasteiger partial charge in [-0.05, 0) is 20.8 Å². The molecule has 0 fully saturated rings.